The van der Waals surface area contributed by atoms with E-state index in [0.717, 1.165) is 18.5 Å². The Labute approximate surface area is 123 Å². The van der Waals surface area contributed by atoms with Crippen LogP contribution in [0.25, 0.3) is 0 Å². The summed E-state index contributed by atoms with van der Waals surface area (Å²) in [4.78, 5) is 12.0. The Bertz CT molecular complexity index is 400. The predicted octanol–water partition coefficient (Wildman–Crippen LogP) is 3.74. The van der Waals surface area contributed by atoms with Crippen molar-refractivity contribution in [3.8, 4) is 0 Å². The van der Waals surface area contributed by atoms with Gasteiger partial charge in [-0.2, -0.15) is 0 Å². The highest BCUT2D eigenvalue weighted by Crippen LogP contribution is 2.13. The number of unbranched alkanes of at least 4 members (excludes halogenated alkanes) is 1. The largest absolute Gasteiger partial charge is 0.374 e. The van der Waals surface area contributed by atoms with Crippen LogP contribution in [0.4, 0.5) is 5.69 Å². The topological polar surface area (TPSA) is 41.1 Å². The van der Waals surface area contributed by atoms with Crippen molar-refractivity contribution in [1.29, 1.82) is 0 Å². The zero-order valence-electron chi connectivity index (χ0n) is 13.2. The molecule has 3 heteroatoms. The van der Waals surface area contributed by atoms with Gasteiger partial charge in [0.05, 0.1) is 0 Å². The summed E-state index contributed by atoms with van der Waals surface area (Å²) in [5.74, 6) is 0.0504. The van der Waals surface area contributed by atoms with Crippen LogP contribution in [-0.2, 0) is 11.2 Å². The fourth-order valence-corrected chi connectivity index (χ4v) is 1.93. The third-order valence-electron chi connectivity index (χ3n) is 3.55. The number of amides is 1. The predicted molar refractivity (Wildman–Crippen MR) is 86.0 cm³/mol. The number of hydrogen-bond donors (Lipinski definition) is 2. The van der Waals surface area contributed by atoms with E-state index in [1.54, 1.807) is 0 Å². The van der Waals surface area contributed by atoms with E-state index >= 15 is 0 Å². The molecule has 1 aromatic rings. The highest BCUT2D eigenvalue weighted by molar-refractivity contribution is 5.84. The molecule has 112 valence electrons. The van der Waals surface area contributed by atoms with Crippen molar-refractivity contribution >= 4 is 11.6 Å². The number of carbonyl (C=O) groups excluding carboxylic acids is 1. The molecule has 2 atom stereocenters. The second kappa shape index (κ2) is 8.62. The molecule has 0 saturated heterocycles. The summed E-state index contributed by atoms with van der Waals surface area (Å²) in [6.45, 7) is 8.18. The first-order valence-electron chi connectivity index (χ1n) is 7.72. The SMILES string of the molecule is CCCCc1ccc(NC(C)C(=O)NC(C)CC)cc1. The van der Waals surface area contributed by atoms with Crippen molar-refractivity contribution in [1.82, 2.24) is 5.32 Å². The number of hydrogen-bond acceptors (Lipinski definition) is 2. The lowest BCUT2D eigenvalue weighted by Crippen LogP contribution is -2.41. The fourth-order valence-electron chi connectivity index (χ4n) is 1.93. The van der Waals surface area contributed by atoms with Crippen molar-refractivity contribution in [2.24, 2.45) is 0 Å². The standard InChI is InChI=1S/C17H28N2O/c1-5-7-8-15-9-11-16(12-10-15)19-14(4)17(20)18-13(3)6-2/h9-14,19H,5-8H2,1-4H3,(H,18,20). The zero-order chi connectivity index (χ0) is 15.0. The molecule has 3 nitrogen and oxygen atoms in total. The van der Waals surface area contributed by atoms with E-state index in [1.807, 2.05) is 13.8 Å². The van der Waals surface area contributed by atoms with Gasteiger partial charge in [0, 0.05) is 11.7 Å². The number of benzene rings is 1. The number of rotatable bonds is 8. The van der Waals surface area contributed by atoms with Gasteiger partial charge >= 0.3 is 0 Å². The molecule has 2 unspecified atom stereocenters. The molecule has 1 rings (SSSR count). The summed E-state index contributed by atoms with van der Waals surface area (Å²) in [6, 6.07) is 8.39. The molecule has 0 bridgehead atoms. The number of carbonyl (C=O) groups is 1. The smallest absolute Gasteiger partial charge is 0.242 e. The molecule has 1 amide bonds. The third kappa shape index (κ3) is 5.64. The van der Waals surface area contributed by atoms with Gasteiger partial charge in [-0.3, -0.25) is 4.79 Å². The average molecular weight is 276 g/mol. The van der Waals surface area contributed by atoms with Crippen molar-refractivity contribution in [2.45, 2.75) is 65.5 Å². The second-order valence-corrected chi connectivity index (χ2v) is 5.48. The second-order valence-electron chi connectivity index (χ2n) is 5.48. The molecule has 1 aromatic carbocycles. The van der Waals surface area contributed by atoms with Crippen molar-refractivity contribution in [3.63, 3.8) is 0 Å². The number of aryl methyl sites for hydroxylation is 1. The van der Waals surface area contributed by atoms with Crippen LogP contribution in [0.15, 0.2) is 24.3 Å². The Balaban J connectivity index is 2.49. The summed E-state index contributed by atoms with van der Waals surface area (Å²) in [5, 5.41) is 6.23. The summed E-state index contributed by atoms with van der Waals surface area (Å²) in [7, 11) is 0. The molecule has 0 heterocycles. The Morgan fingerprint density at radius 3 is 2.35 bits per heavy atom. The van der Waals surface area contributed by atoms with E-state index < -0.39 is 0 Å². The molecule has 20 heavy (non-hydrogen) atoms. The van der Waals surface area contributed by atoms with E-state index in [4.69, 9.17) is 0 Å². The van der Waals surface area contributed by atoms with Crippen LogP contribution in [0.2, 0.25) is 0 Å². The summed E-state index contributed by atoms with van der Waals surface area (Å²) < 4.78 is 0. The molecule has 2 N–H and O–H groups in total. The first-order valence-corrected chi connectivity index (χ1v) is 7.72. The van der Waals surface area contributed by atoms with Crippen molar-refractivity contribution in [3.05, 3.63) is 29.8 Å². The van der Waals surface area contributed by atoms with E-state index in [0.29, 0.717) is 0 Å². The maximum absolute atomic E-state index is 12.0. The molecule has 0 fully saturated rings. The van der Waals surface area contributed by atoms with Crippen LogP contribution in [0, 0.1) is 0 Å². The lowest BCUT2D eigenvalue weighted by Gasteiger charge is -2.18. The van der Waals surface area contributed by atoms with Gasteiger partial charge in [0.2, 0.25) is 5.91 Å². The first-order chi connectivity index (χ1) is 9.56. The van der Waals surface area contributed by atoms with Gasteiger partial charge in [-0.1, -0.05) is 32.4 Å². The van der Waals surface area contributed by atoms with Gasteiger partial charge < -0.3 is 10.6 Å². The van der Waals surface area contributed by atoms with Gasteiger partial charge in [-0.25, -0.2) is 0 Å². The summed E-state index contributed by atoms with van der Waals surface area (Å²) >= 11 is 0. The Morgan fingerprint density at radius 1 is 1.15 bits per heavy atom. The normalized spacial score (nSPS) is 13.6. The van der Waals surface area contributed by atoms with Gasteiger partial charge in [0.1, 0.15) is 6.04 Å². The zero-order valence-corrected chi connectivity index (χ0v) is 13.2. The van der Waals surface area contributed by atoms with Crippen LogP contribution in [0.3, 0.4) is 0 Å². The van der Waals surface area contributed by atoms with E-state index in [-0.39, 0.29) is 18.0 Å². The number of nitrogens with one attached hydrogen (secondary N) is 2. The third-order valence-corrected chi connectivity index (χ3v) is 3.55. The van der Waals surface area contributed by atoms with Crippen LogP contribution in [0.5, 0.6) is 0 Å². The van der Waals surface area contributed by atoms with Crippen LogP contribution in [0.1, 0.15) is 52.5 Å². The molecular weight excluding hydrogens is 248 g/mol. The van der Waals surface area contributed by atoms with E-state index in [1.165, 1.54) is 18.4 Å². The Kier molecular flexibility index (Phi) is 7.13. The van der Waals surface area contributed by atoms with E-state index in [2.05, 4.69) is 48.7 Å². The van der Waals surface area contributed by atoms with Crippen LogP contribution >= 0.6 is 0 Å². The van der Waals surface area contributed by atoms with Gasteiger partial charge in [-0.05, 0) is 50.8 Å². The summed E-state index contributed by atoms with van der Waals surface area (Å²) in [5.41, 5.74) is 2.35. The molecule has 0 aliphatic rings. The van der Waals surface area contributed by atoms with Gasteiger partial charge in [0.15, 0.2) is 0 Å². The Hall–Kier alpha value is -1.51. The minimum absolute atomic E-state index is 0.0504. The molecule has 0 saturated carbocycles. The molecule has 0 radical (unpaired) electrons. The lowest BCUT2D eigenvalue weighted by atomic mass is 10.1. The monoisotopic (exact) mass is 276 g/mol. The van der Waals surface area contributed by atoms with E-state index in [9.17, 15) is 4.79 Å². The maximum Gasteiger partial charge on any atom is 0.242 e. The molecule has 0 aliphatic carbocycles. The van der Waals surface area contributed by atoms with Crippen LogP contribution in [-0.4, -0.2) is 18.0 Å². The van der Waals surface area contributed by atoms with Crippen molar-refractivity contribution < 1.29 is 4.79 Å². The minimum atomic E-state index is -0.217. The fraction of sp³-hybridized carbons (Fsp3) is 0.588. The quantitative estimate of drug-likeness (QED) is 0.759. The van der Waals surface area contributed by atoms with Crippen molar-refractivity contribution in [2.75, 3.05) is 5.32 Å². The number of anilines is 1. The van der Waals surface area contributed by atoms with Gasteiger partial charge in [-0.15, -0.1) is 0 Å². The minimum Gasteiger partial charge on any atom is -0.374 e. The molecule has 0 aromatic heterocycles. The highest BCUT2D eigenvalue weighted by Gasteiger charge is 2.13. The first kappa shape index (κ1) is 16.5. The van der Waals surface area contributed by atoms with Crippen LogP contribution < -0.4 is 10.6 Å². The lowest BCUT2D eigenvalue weighted by molar-refractivity contribution is -0.122. The maximum atomic E-state index is 12.0. The summed E-state index contributed by atoms with van der Waals surface area (Å²) in [6.07, 6.45) is 4.51. The average Bonchev–Trinajstić information content (AvgIpc) is 2.46. The molecule has 0 aliphatic heterocycles. The van der Waals surface area contributed by atoms with Gasteiger partial charge in [0.25, 0.3) is 0 Å². The molecule has 0 spiro atoms. The molecular formula is C17H28N2O. The highest BCUT2D eigenvalue weighted by atomic mass is 16.2. The Morgan fingerprint density at radius 2 is 1.80 bits per heavy atom.